The van der Waals surface area contributed by atoms with Crippen LogP contribution in [-0.2, 0) is 0 Å². The second kappa shape index (κ2) is 4.42. The van der Waals surface area contributed by atoms with E-state index in [0.29, 0.717) is 11.1 Å². The Balaban J connectivity index is 2.66. The SMILES string of the molecule is Cc1cnccc1C(=O)CCC(F)(F)F. The normalized spacial score (nSPS) is 11.5. The Morgan fingerprint density at radius 3 is 2.67 bits per heavy atom. The quantitative estimate of drug-likeness (QED) is 0.728. The summed E-state index contributed by atoms with van der Waals surface area (Å²) in [6.07, 6.45) is -3.01. The highest BCUT2D eigenvalue weighted by atomic mass is 19.4. The second-order valence-electron chi connectivity index (χ2n) is 3.23. The zero-order valence-corrected chi connectivity index (χ0v) is 8.14. The average molecular weight is 217 g/mol. The number of carbonyl (C=O) groups excluding carboxylic acids is 1. The number of hydrogen-bond donors (Lipinski definition) is 0. The van der Waals surface area contributed by atoms with Gasteiger partial charge in [0.05, 0.1) is 6.42 Å². The molecule has 0 bridgehead atoms. The van der Waals surface area contributed by atoms with Crippen LogP contribution in [0.3, 0.4) is 0 Å². The maximum absolute atomic E-state index is 11.9. The van der Waals surface area contributed by atoms with Crippen LogP contribution in [0.25, 0.3) is 0 Å². The van der Waals surface area contributed by atoms with E-state index in [4.69, 9.17) is 0 Å². The second-order valence-corrected chi connectivity index (χ2v) is 3.23. The number of aryl methyl sites for hydroxylation is 1. The van der Waals surface area contributed by atoms with Crippen LogP contribution in [0, 0.1) is 6.92 Å². The number of nitrogens with zero attached hydrogens (tertiary/aromatic N) is 1. The minimum Gasteiger partial charge on any atom is -0.294 e. The van der Waals surface area contributed by atoms with E-state index in [9.17, 15) is 18.0 Å². The molecule has 0 saturated heterocycles. The van der Waals surface area contributed by atoms with Crippen molar-refractivity contribution in [2.24, 2.45) is 0 Å². The lowest BCUT2D eigenvalue weighted by molar-refractivity contribution is -0.133. The molecule has 0 aromatic carbocycles. The molecule has 0 amide bonds. The van der Waals surface area contributed by atoms with Crippen molar-refractivity contribution in [2.45, 2.75) is 25.9 Å². The van der Waals surface area contributed by atoms with Crippen LogP contribution in [0.5, 0.6) is 0 Å². The molecule has 0 aliphatic rings. The highest BCUT2D eigenvalue weighted by Crippen LogP contribution is 2.23. The minimum atomic E-state index is -4.28. The van der Waals surface area contributed by atoms with Gasteiger partial charge in [-0.3, -0.25) is 9.78 Å². The Bertz CT molecular complexity index is 360. The summed E-state index contributed by atoms with van der Waals surface area (Å²) in [4.78, 5) is 15.1. The molecule has 0 saturated carbocycles. The maximum atomic E-state index is 11.9. The fourth-order valence-electron chi connectivity index (χ4n) is 1.18. The summed E-state index contributed by atoms with van der Waals surface area (Å²) in [5, 5.41) is 0. The lowest BCUT2D eigenvalue weighted by atomic mass is 10.0. The van der Waals surface area contributed by atoms with Gasteiger partial charge >= 0.3 is 6.18 Å². The molecule has 0 unspecified atom stereocenters. The molecule has 1 aromatic heterocycles. The third kappa shape index (κ3) is 3.69. The third-order valence-electron chi connectivity index (χ3n) is 1.96. The van der Waals surface area contributed by atoms with Gasteiger partial charge in [-0.25, -0.2) is 0 Å². The van der Waals surface area contributed by atoms with E-state index in [1.54, 1.807) is 6.92 Å². The van der Waals surface area contributed by atoms with Gasteiger partial charge < -0.3 is 0 Å². The first-order chi connectivity index (χ1) is 6.90. The molecular weight excluding hydrogens is 207 g/mol. The number of rotatable bonds is 3. The molecule has 0 fully saturated rings. The van der Waals surface area contributed by atoms with Gasteiger partial charge in [0.25, 0.3) is 0 Å². The Hall–Kier alpha value is -1.39. The fourth-order valence-corrected chi connectivity index (χ4v) is 1.18. The monoisotopic (exact) mass is 217 g/mol. The van der Waals surface area contributed by atoms with Crippen LogP contribution in [0.1, 0.15) is 28.8 Å². The largest absolute Gasteiger partial charge is 0.389 e. The Morgan fingerprint density at radius 2 is 2.13 bits per heavy atom. The van der Waals surface area contributed by atoms with Crippen molar-refractivity contribution in [3.63, 3.8) is 0 Å². The lowest BCUT2D eigenvalue weighted by Crippen LogP contribution is -2.11. The predicted octanol–water partition coefficient (Wildman–Crippen LogP) is 2.92. The average Bonchev–Trinajstić information content (AvgIpc) is 2.14. The van der Waals surface area contributed by atoms with E-state index >= 15 is 0 Å². The van der Waals surface area contributed by atoms with E-state index in [1.165, 1.54) is 18.5 Å². The number of carbonyl (C=O) groups is 1. The summed E-state index contributed by atoms with van der Waals surface area (Å²) in [6, 6.07) is 1.44. The summed E-state index contributed by atoms with van der Waals surface area (Å²) in [5.41, 5.74) is 0.916. The van der Waals surface area contributed by atoms with E-state index in [1.807, 2.05) is 0 Å². The van der Waals surface area contributed by atoms with Gasteiger partial charge in [-0.2, -0.15) is 13.2 Å². The summed E-state index contributed by atoms with van der Waals surface area (Å²) < 4.78 is 35.6. The van der Waals surface area contributed by atoms with Crippen molar-refractivity contribution in [1.29, 1.82) is 0 Å². The maximum Gasteiger partial charge on any atom is 0.389 e. The Morgan fingerprint density at radius 1 is 1.47 bits per heavy atom. The zero-order chi connectivity index (χ0) is 11.5. The van der Waals surface area contributed by atoms with Crippen molar-refractivity contribution in [3.8, 4) is 0 Å². The van der Waals surface area contributed by atoms with Crippen molar-refractivity contribution < 1.29 is 18.0 Å². The predicted molar refractivity (Wildman–Crippen MR) is 48.6 cm³/mol. The fraction of sp³-hybridized carbons (Fsp3) is 0.400. The lowest BCUT2D eigenvalue weighted by Gasteiger charge is -2.06. The number of halogens is 3. The molecule has 15 heavy (non-hydrogen) atoms. The van der Waals surface area contributed by atoms with Crippen molar-refractivity contribution in [3.05, 3.63) is 29.6 Å². The first-order valence-corrected chi connectivity index (χ1v) is 4.41. The van der Waals surface area contributed by atoms with Crippen LogP contribution in [0.15, 0.2) is 18.5 Å². The molecule has 0 radical (unpaired) electrons. The van der Waals surface area contributed by atoms with Gasteiger partial charge in [-0.15, -0.1) is 0 Å². The third-order valence-corrected chi connectivity index (χ3v) is 1.96. The van der Waals surface area contributed by atoms with Gasteiger partial charge in [0.15, 0.2) is 5.78 Å². The van der Waals surface area contributed by atoms with Crippen molar-refractivity contribution >= 4 is 5.78 Å². The molecule has 82 valence electrons. The molecule has 0 N–H and O–H groups in total. The summed E-state index contributed by atoms with van der Waals surface area (Å²) in [7, 11) is 0. The first-order valence-electron chi connectivity index (χ1n) is 4.41. The van der Waals surface area contributed by atoms with Crippen LogP contribution < -0.4 is 0 Å². The molecule has 5 heteroatoms. The van der Waals surface area contributed by atoms with Crippen molar-refractivity contribution in [2.75, 3.05) is 0 Å². The van der Waals surface area contributed by atoms with E-state index in [2.05, 4.69) is 4.98 Å². The molecule has 0 atom stereocenters. The zero-order valence-electron chi connectivity index (χ0n) is 8.14. The Kier molecular flexibility index (Phi) is 3.44. The Labute approximate surface area is 85.1 Å². The molecule has 1 heterocycles. The number of pyridine rings is 1. The number of aromatic nitrogens is 1. The van der Waals surface area contributed by atoms with E-state index < -0.39 is 24.8 Å². The standard InChI is InChI=1S/C10H10F3NO/c1-7-6-14-5-3-8(7)9(15)2-4-10(11,12)13/h3,5-6H,2,4H2,1H3. The summed E-state index contributed by atoms with van der Waals surface area (Å²) >= 11 is 0. The van der Waals surface area contributed by atoms with Crippen molar-refractivity contribution in [1.82, 2.24) is 4.98 Å². The van der Waals surface area contributed by atoms with Crippen LogP contribution in [0.2, 0.25) is 0 Å². The molecular formula is C10H10F3NO. The number of alkyl halides is 3. The molecule has 2 nitrogen and oxygen atoms in total. The first kappa shape index (κ1) is 11.7. The number of ketones is 1. The van der Waals surface area contributed by atoms with Crippen LogP contribution in [0.4, 0.5) is 13.2 Å². The summed E-state index contributed by atoms with van der Waals surface area (Å²) in [6.45, 7) is 1.65. The van der Waals surface area contributed by atoms with Gasteiger partial charge in [0.1, 0.15) is 0 Å². The molecule has 0 aliphatic carbocycles. The smallest absolute Gasteiger partial charge is 0.294 e. The van der Waals surface area contributed by atoms with E-state index in [0.717, 1.165) is 0 Å². The van der Waals surface area contributed by atoms with Gasteiger partial charge in [-0.1, -0.05) is 0 Å². The van der Waals surface area contributed by atoms with Crippen LogP contribution >= 0.6 is 0 Å². The van der Waals surface area contributed by atoms with Crippen LogP contribution in [-0.4, -0.2) is 16.9 Å². The highest BCUT2D eigenvalue weighted by Gasteiger charge is 2.28. The summed E-state index contributed by atoms with van der Waals surface area (Å²) in [5.74, 6) is -0.493. The van der Waals surface area contributed by atoms with Gasteiger partial charge in [0.2, 0.25) is 0 Å². The highest BCUT2D eigenvalue weighted by molar-refractivity contribution is 5.97. The molecule has 1 rings (SSSR count). The van der Waals surface area contributed by atoms with E-state index in [-0.39, 0.29) is 0 Å². The number of hydrogen-bond acceptors (Lipinski definition) is 2. The molecule has 0 aliphatic heterocycles. The topological polar surface area (TPSA) is 30.0 Å². The molecule has 0 spiro atoms. The van der Waals surface area contributed by atoms with Gasteiger partial charge in [-0.05, 0) is 18.6 Å². The molecule has 1 aromatic rings. The van der Waals surface area contributed by atoms with Gasteiger partial charge in [0, 0.05) is 24.4 Å². The number of Topliss-reactive ketones (excluding diaryl/α,β-unsaturated/α-hetero) is 1. The minimum absolute atomic E-state index is 0.314.